The molecule has 0 bridgehead atoms. The fourth-order valence-electron chi connectivity index (χ4n) is 3.86. The smallest absolute Gasteiger partial charge is 0.271 e. The molecule has 11 nitrogen and oxygen atoms in total. The summed E-state index contributed by atoms with van der Waals surface area (Å²) in [5.74, 6) is -0.750. The van der Waals surface area contributed by atoms with E-state index in [-0.39, 0.29) is 26.9 Å². The maximum absolute atomic E-state index is 13.4. The summed E-state index contributed by atoms with van der Waals surface area (Å²) >= 11 is 0. The van der Waals surface area contributed by atoms with Crippen LogP contribution in [0.3, 0.4) is 0 Å². The third-order valence-corrected chi connectivity index (χ3v) is 9.34. The highest BCUT2D eigenvalue weighted by atomic mass is 32.2. The van der Waals surface area contributed by atoms with E-state index in [2.05, 4.69) is 10.0 Å². The van der Waals surface area contributed by atoms with Crippen LogP contribution in [0.4, 0.5) is 22.7 Å². The molecule has 41 heavy (non-hydrogen) atoms. The molecule has 0 aliphatic rings. The number of carbonyl (C=O) groups is 1. The lowest BCUT2D eigenvalue weighted by molar-refractivity contribution is -0.384. The molecule has 4 rings (SSSR count). The molecule has 0 heterocycles. The van der Waals surface area contributed by atoms with Gasteiger partial charge in [-0.15, -0.1) is 0 Å². The number of hydrogen-bond donors (Lipinski definition) is 2. The second-order valence-electron chi connectivity index (χ2n) is 9.08. The van der Waals surface area contributed by atoms with Gasteiger partial charge in [0.15, 0.2) is 0 Å². The van der Waals surface area contributed by atoms with Gasteiger partial charge in [-0.2, -0.15) is 0 Å². The van der Waals surface area contributed by atoms with E-state index in [1.165, 1.54) is 66.7 Å². The van der Waals surface area contributed by atoms with Crippen molar-refractivity contribution in [2.24, 2.45) is 0 Å². The topological polar surface area (TPSA) is 156 Å². The van der Waals surface area contributed by atoms with Gasteiger partial charge in [0.1, 0.15) is 6.54 Å². The van der Waals surface area contributed by atoms with Crippen molar-refractivity contribution in [2.75, 3.05) is 20.9 Å². The largest absolute Gasteiger partial charge is 0.325 e. The third-order valence-electron chi connectivity index (χ3n) is 6.15. The third kappa shape index (κ3) is 6.88. The molecule has 0 aliphatic carbocycles. The monoisotopic (exact) mass is 594 g/mol. The van der Waals surface area contributed by atoms with E-state index in [4.69, 9.17) is 0 Å². The first kappa shape index (κ1) is 29.2. The van der Waals surface area contributed by atoms with Gasteiger partial charge in [-0.25, -0.2) is 16.8 Å². The van der Waals surface area contributed by atoms with Gasteiger partial charge in [-0.1, -0.05) is 30.3 Å². The number of sulfonamides is 2. The molecule has 0 fully saturated rings. The van der Waals surface area contributed by atoms with Gasteiger partial charge in [0.25, 0.3) is 25.7 Å². The highest BCUT2D eigenvalue weighted by Crippen LogP contribution is 2.27. The number of nitrogens with one attached hydrogen (secondary N) is 2. The maximum atomic E-state index is 13.4. The van der Waals surface area contributed by atoms with Crippen molar-refractivity contribution in [3.05, 3.63) is 118 Å². The van der Waals surface area contributed by atoms with Crippen LogP contribution in [0.15, 0.2) is 107 Å². The number of nitrogens with zero attached hydrogens (tertiary/aromatic N) is 2. The number of rotatable bonds is 10. The second kappa shape index (κ2) is 11.8. The van der Waals surface area contributed by atoms with E-state index in [9.17, 15) is 31.7 Å². The van der Waals surface area contributed by atoms with Crippen molar-refractivity contribution in [3.8, 4) is 0 Å². The number of carbonyl (C=O) groups excluding carboxylic acids is 1. The number of hydrogen-bond acceptors (Lipinski definition) is 7. The van der Waals surface area contributed by atoms with Gasteiger partial charge in [0.05, 0.1) is 20.4 Å². The number of benzene rings is 4. The Hall–Kier alpha value is -4.75. The molecule has 0 unspecified atom stereocenters. The van der Waals surface area contributed by atoms with Gasteiger partial charge >= 0.3 is 0 Å². The molecule has 0 spiro atoms. The Morgan fingerprint density at radius 2 is 1.44 bits per heavy atom. The molecule has 13 heteroatoms. The van der Waals surface area contributed by atoms with Crippen molar-refractivity contribution in [2.45, 2.75) is 23.6 Å². The zero-order valence-electron chi connectivity index (χ0n) is 22.0. The van der Waals surface area contributed by atoms with Crippen LogP contribution in [0.5, 0.6) is 0 Å². The summed E-state index contributed by atoms with van der Waals surface area (Å²) in [5.41, 5.74) is 2.16. The summed E-state index contributed by atoms with van der Waals surface area (Å²) in [6.45, 7) is 3.09. The highest BCUT2D eigenvalue weighted by molar-refractivity contribution is 7.93. The first-order chi connectivity index (χ1) is 19.4. The standard InChI is InChI=1S/C28H26N4O7S2/c1-20-11-12-23(17-21(20)2)30-40(36,37)26-15-13-22(14-16-26)29-28(33)19-31(24-7-6-8-25(18-24)32(34)35)41(38,39)27-9-4-3-5-10-27/h3-18,30H,19H2,1-2H3,(H,29,33). The Kier molecular flexibility index (Phi) is 8.40. The molecule has 1 amide bonds. The van der Waals surface area contributed by atoms with E-state index >= 15 is 0 Å². The molecule has 0 saturated heterocycles. The number of aryl methyl sites for hydroxylation is 2. The molecular weight excluding hydrogens is 568 g/mol. The molecule has 2 N–H and O–H groups in total. The van der Waals surface area contributed by atoms with Gasteiger partial charge in [-0.3, -0.25) is 23.9 Å². The molecule has 0 aromatic heterocycles. The molecule has 212 valence electrons. The summed E-state index contributed by atoms with van der Waals surface area (Å²) in [7, 11) is -8.19. The lowest BCUT2D eigenvalue weighted by Crippen LogP contribution is -2.38. The van der Waals surface area contributed by atoms with Gasteiger partial charge < -0.3 is 5.32 Å². The summed E-state index contributed by atoms with van der Waals surface area (Å²) < 4.78 is 55.9. The zero-order chi connectivity index (χ0) is 29.8. The molecule has 4 aromatic carbocycles. The Labute approximate surface area is 237 Å². The molecule has 4 aromatic rings. The number of nitro groups is 1. The molecule has 0 saturated carbocycles. The minimum atomic E-state index is -4.28. The van der Waals surface area contributed by atoms with Crippen LogP contribution in [-0.4, -0.2) is 34.2 Å². The predicted octanol–water partition coefficient (Wildman–Crippen LogP) is 4.85. The molecule has 0 radical (unpaired) electrons. The first-order valence-electron chi connectivity index (χ1n) is 12.2. The van der Waals surface area contributed by atoms with Crippen molar-refractivity contribution in [3.63, 3.8) is 0 Å². The van der Waals surface area contributed by atoms with E-state index in [0.717, 1.165) is 21.5 Å². The Morgan fingerprint density at radius 1 is 0.780 bits per heavy atom. The van der Waals surface area contributed by atoms with Crippen LogP contribution in [0.25, 0.3) is 0 Å². The van der Waals surface area contributed by atoms with Crippen LogP contribution in [0.2, 0.25) is 0 Å². The average molecular weight is 595 g/mol. The second-order valence-corrected chi connectivity index (χ2v) is 12.6. The van der Waals surface area contributed by atoms with E-state index in [0.29, 0.717) is 5.69 Å². The number of amides is 1. The lowest BCUT2D eigenvalue weighted by Gasteiger charge is -2.24. The summed E-state index contributed by atoms with van der Waals surface area (Å²) in [4.78, 5) is 23.5. The molecular formula is C28H26N4O7S2. The summed E-state index contributed by atoms with van der Waals surface area (Å²) in [6.07, 6.45) is 0. The Morgan fingerprint density at radius 3 is 2.07 bits per heavy atom. The van der Waals surface area contributed by atoms with E-state index < -0.39 is 37.4 Å². The normalized spacial score (nSPS) is 11.5. The van der Waals surface area contributed by atoms with Gasteiger partial charge in [0, 0.05) is 23.5 Å². The van der Waals surface area contributed by atoms with Crippen molar-refractivity contribution >= 4 is 48.7 Å². The fraction of sp³-hybridized carbons (Fsp3) is 0.107. The van der Waals surface area contributed by atoms with Crippen molar-refractivity contribution in [1.29, 1.82) is 0 Å². The minimum Gasteiger partial charge on any atom is -0.325 e. The Bertz CT molecular complexity index is 1810. The first-order valence-corrected chi connectivity index (χ1v) is 15.1. The number of non-ortho nitro benzene ring substituents is 1. The summed E-state index contributed by atoms with van der Waals surface area (Å²) in [6, 6.07) is 22.8. The van der Waals surface area contributed by atoms with Gasteiger partial charge in [-0.05, 0) is 79.6 Å². The van der Waals surface area contributed by atoms with Crippen LogP contribution in [0.1, 0.15) is 11.1 Å². The average Bonchev–Trinajstić information content (AvgIpc) is 2.94. The maximum Gasteiger partial charge on any atom is 0.271 e. The molecule has 0 aliphatic heterocycles. The van der Waals surface area contributed by atoms with Crippen LogP contribution < -0.4 is 14.3 Å². The Balaban J connectivity index is 1.55. The lowest BCUT2D eigenvalue weighted by atomic mass is 10.1. The quantitative estimate of drug-likeness (QED) is 0.196. The fourth-order valence-corrected chi connectivity index (χ4v) is 6.35. The SMILES string of the molecule is Cc1ccc(NS(=O)(=O)c2ccc(NC(=O)CN(c3cccc([N+](=O)[O-])c3)S(=O)(=O)c3ccccc3)cc2)cc1C. The van der Waals surface area contributed by atoms with Crippen molar-refractivity contribution < 1.29 is 26.6 Å². The highest BCUT2D eigenvalue weighted by Gasteiger charge is 2.28. The molecule has 0 atom stereocenters. The van der Waals surface area contributed by atoms with Crippen LogP contribution in [0, 0.1) is 24.0 Å². The predicted molar refractivity (Wildman–Crippen MR) is 156 cm³/mol. The number of nitro benzene ring substituents is 1. The minimum absolute atomic E-state index is 0.0430. The van der Waals surface area contributed by atoms with Crippen molar-refractivity contribution in [1.82, 2.24) is 0 Å². The number of anilines is 3. The van der Waals surface area contributed by atoms with Crippen LogP contribution >= 0.6 is 0 Å². The zero-order valence-corrected chi connectivity index (χ0v) is 23.6. The van der Waals surface area contributed by atoms with Gasteiger partial charge in [0.2, 0.25) is 5.91 Å². The van der Waals surface area contributed by atoms with E-state index in [1.54, 1.807) is 24.3 Å². The van der Waals surface area contributed by atoms with Crippen LogP contribution in [-0.2, 0) is 24.8 Å². The van der Waals surface area contributed by atoms with E-state index in [1.807, 2.05) is 13.8 Å². The summed E-state index contributed by atoms with van der Waals surface area (Å²) in [5, 5.41) is 13.8.